The minimum atomic E-state index is -0.630. The molecule has 0 N–H and O–H groups in total. The number of ether oxygens (including phenoxy) is 1. The Labute approximate surface area is 116 Å². The highest BCUT2D eigenvalue weighted by Gasteiger charge is 2.13. The Bertz CT molecular complexity index is 573. The van der Waals surface area contributed by atoms with Crippen molar-refractivity contribution in [2.24, 2.45) is 0 Å². The van der Waals surface area contributed by atoms with E-state index in [9.17, 15) is 14.9 Å². The number of carbonyl (C=O) groups is 1. The van der Waals surface area contributed by atoms with Gasteiger partial charge in [0, 0.05) is 12.1 Å². The monoisotopic (exact) mass is 274 g/mol. The lowest BCUT2D eigenvalue weighted by atomic mass is 10.1. The fraction of sp³-hybridized carbons (Fsp3) is 0.286. The van der Waals surface area contributed by atoms with E-state index < -0.39 is 10.9 Å². The van der Waals surface area contributed by atoms with Crippen LogP contribution in [0.5, 0.6) is 0 Å². The van der Waals surface area contributed by atoms with Gasteiger partial charge < -0.3 is 4.74 Å². The van der Waals surface area contributed by atoms with Crippen molar-refractivity contribution in [2.75, 3.05) is 6.61 Å². The molecule has 0 aliphatic carbocycles. The Balaban J connectivity index is 2.78. The van der Waals surface area contributed by atoms with Crippen molar-refractivity contribution in [2.45, 2.75) is 19.8 Å². The van der Waals surface area contributed by atoms with Crippen LogP contribution in [0, 0.1) is 21.4 Å². The van der Waals surface area contributed by atoms with Gasteiger partial charge in [-0.25, -0.2) is 4.79 Å². The highest BCUT2D eigenvalue weighted by molar-refractivity contribution is 5.87. The van der Waals surface area contributed by atoms with Gasteiger partial charge in [0.15, 0.2) is 0 Å². The Morgan fingerprint density at radius 2 is 2.30 bits per heavy atom. The fourth-order valence-electron chi connectivity index (χ4n) is 1.43. The summed E-state index contributed by atoms with van der Waals surface area (Å²) in [4.78, 5) is 21.5. The average molecular weight is 274 g/mol. The lowest BCUT2D eigenvalue weighted by Crippen LogP contribution is -2.01. The molecule has 0 aromatic heterocycles. The van der Waals surface area contributed by atoms with E-state index in [2.05, 4.69) is 0 Å². The van der Waals surface area contributed by atoms with Crippen LogP contribution in [-0.2, 0) is 9.53 Å². The Hall–Kier alpha value is -2.68. The van der Waals surface area contributed by atoms with Crippen molar-refractivity contribution >= 4 is 17.7 Å². The number of nitro benzene ring substituents is 1. The molecule has 0 aliphatic rings. The third kappa shape index (κ3) is 4.53. The summed E-state index contributed by atoms with van der Waals surface area (Å²) in [7, 11) is 0. The minimum Gasteiger partial charge on any atom is -0.463 e. The molecule has 0 bridgehead atoms. The summed E-state index contributed by atoms with van der Waals surface area (Å²) in [5, 5.41) is 19.5. The first-order valence-electron chi connectivity index (χ1n) is 6.12. The molecule has 104 valence electrons. The number of rotatable bonds is 6. The van der Waals surface area contributed by atoms with E-state index in [-0.39, 0.29) is 11.3 Å². The second-order valence-electron chi connectivity index (χ2n) is 4.00. The van der Waals surface area contributed by atoms with E-state index in [4.69, 9.17) is 10.00 Å². The van der Waals surface area contributed by atoms with Gasteiger partial charge in [0.2, 0.25) is 0 Å². The molecule has 0 atom stereocenters. The third-order valence-corrected chi connectivity index (χ3v) is 2.49. The summed E-state index contributed by atoms with van der Waals surface area (Å²) < 4.78 is 4.91. The van der Waals surface area contributed by atoms with E-state index >= 15 is 0 Å². The van der Waals surface area contributed by atoms with Crippen LogP contribution >= 0.6 is 0 Å². The molecule has 1 aromatic rings. The zero-order chi connectivity index (χ0) is 15.0. The maximum atomic E-state index is 11.3. The predicted octanol–water partition coefficient (Wildman–Crippen LogP) is 2.82. The maximum absolute atomic E-state index is 11.3. The molecule has 0 unspecified atom stereocenters. The van der Waals surface area contributed by atoms with Gasteiger partial charge >= 0.3 is 5.97 Å². The van der Waals surface area contributed by atoms with Crippen molar-refractivity contribution in [1.82, 2.24) is 0 Å². The van der Waals surface area contributed by atoms with Gasteiger partial charge in [-0.3, -0.25) is 10.1 Å². The van der Waals surface area contributed by atoms with Gasteiger partial charge in [-0.05, 0) is 24.1 Å². The van der Waals surface area contributed by atoms with Crippen molar-refractivity contribution in [3.63, 3.8) is 0 Å². The van der Waals surface area contributed by atoms with Crippen LogP contribution in [0.2, 0.25) is 0 Å². The lowest BCUT2D eigenvalue weighted by Gasteiger charge is -1.99. The van der Waals surface area contributed by atoms with Gasteiger partial charge in [0.25, 0.3) is 5.69 Å². The van der Waals surface area contributed by atoms with Crippen LogP contribution in [0.4, 0.5) is 5.69 Å². The maximum Gasteiger partial charge on any atom is 0.330 e. The van der Waals surface area contributed by atoms with Gasteiger partial charge in [-0.15, -0.1) is 0 Å². The molecule has 0 saturated heterocycles. The second kappa shape index (κ2) is 7.69. The first-order chi connectivity index (χ1) is 9.58. The topological polar surface area (TPSA) is 93.2 Å². The molecular weight excluding hydrogens is 260 g/mol. The first kappa shape index (κ1) is 15.4. The van der Waals surface area contributed by atoms with Crippen LogP contribution in [-0.4, -0.2) is 17.5 Å². The molecule has 0 radical (unpaired) electrons. The van der Waals surface area contributed by atoms with Crippen molar-refractivity contribution < 1.29 is 14.5 Å². The van der Waals surface area contributed by atoms with E-state index in [0.29, 0.717) is 12.2 Å². The number of nitro groups is 1. The van der Waals surface area contributed by atoms with Gasteiger partial charge in [-0.2, -0.15) is 5.26 Å². The molecule has 0 saturated carbocycles. The highest BCUT2D eigenvalue weighted by Crippen LogP contribution is 2.20. The van der Waals surface area contributed by atoms with Crippen LogP contribution < -0.4 is 0 Å². The summed E-state index contributed by atoms with van der Waals surface area (Å²) in [5.41, 5.74) is 0.162. The number of esters is 1. The minimum absolute atomic E-state index is 0.0160. The number of hydrogen-bond donors (Lipinski definition) is 0. The summed E-state index contributed by atoms with van der Waals surface area (Å²) >= 11 is 0. The zero-order valence-electron chi connectivity index (χ0n) is 11.0. The Morgan fingerprint density at radius 3 is 2.90 bits per heavy atom. The second-order valence-corrected chi connectivity index (χ2v) is 4.00. The molecule has 0 aliphatic heterocycles. The molecule has 0 spiro atoms. The van der Waals surface area contributed by atoms with Crippen LogP contribution in [0.15, 0.2) is 24.3 Å². The molecule has 6 heteroatoms. The standard InChI is InChI=1S/C14H14N2O4/c1-2-3-8-20-14(17)7-5-11-4-6-12(10-15)13(9-11)16(18)19/h4-7,9H,2-3,8H2,1H3/b7-5+. The number of nitriles is 1. The summed E-state index contributed by atoms with van der Waals surface area (Å²) in [5.74, 6) is -0.495. The number of unbranched alkanes of at least 4 members (excludes halogenated alkanes) is 1. The largest absolute Gasteiger partial charge is 0.463 e. The summed E-state index contributed by atoms with van der Waals surface area (Å²) in [6, 6.07) is 5.87. The van der Waals surface area contributed by atoms with Crippen LogP contribution in [0.3, 0.4) is 0 Å². The van der Waals surface area contributed by atoms with Gasteiger partial charge in [-0.1, -0.05) is 19.4 Å². The van der Waals surface area contributed by atoms with E-state index in [0.717, 1.165) is 12.8 Å². The molecular formula is C14H14N2O4. The molecule has 0 fully saturated rings. The normalized spacial score (nSPS) is 10.2. The lowest BCUT2D eigenvalue weighted by molar-refractivity contribution is -0.385. The van der Waals surface area contributed by atoms with E-state index in [1.807, 2.05) is 6.92 Å². The molecule has 6 nitrogen and oxygen atoms in total. The molecule has 1 rings (SSSR count). The van der Waals surface area contributed by atoms with Gasteiger partial charge in [0.05, 0.1) is 11.5 Å². The third-order valence-electron chi connectivity index (χ3n) is 2.49. The van der Waals surface area contributed by atoms with E-state index in [1.165, 1.54) is 30.4 Å². The van der Waals surface area contributed by atoms with E-state index in [1.54, 1.807) is 6.07 Å². The molecule has 0 heterocycles. The SMILES string of the molecule is CCCCOC(=O)/C=C/c1ccc(C#N)c([N+](=O)[O-])c1. The smallest absolute Gasteiger partial charge is 0.330 e. The van der Waals surface area contributed by atoms with Crippen LogP contribution in [0.25, 0.3) is 6.08 Å². The number of benzene rings is 1. The first-order valence-corrected chi connectivity index (χ1v) is 6.12. The predicted molar refractivity (Wildman–Crippen MR) is 72.7 cm³/mol. The Morgan fingerprint density at radius 1 is 1.55 bits per heavy atom. The fourth-order valence-corrected chi connectivity index (χ4v) is 1.43. The zero-order valence-corrected chi connectivity index (χ0v) is 11.0. The number of hydrogen-bond acceptors (Lipinski definition) is 5. The molecule has 1 aromatic carbocycles. The Kier molecular flexibility index (Phi) is 5.91. The summed E-state index contributed by atoms with van der Waals surface area (Å²) in [6.07, 6.45) is 4.35. The van der Waals surface area contributed by atoms with Gasteiger partial charge in [0.1, 0.15) is 11.6 Å². The van der Waals surface area contributed by atoms with Crippen molar-refractivity contribution in [3.05, 3.63) is 45.5 Å². The number of carbonyl (C=O) groups excluding carboxylic acids is 1. The number of nitrogens with zero attached hydrogens (tertiary/aromatic N) is 2. The summed E-state index contributed by atoms with van der Waals surface area (Å²) in [6.45, 7) is 2.34. The van der Waals surface area contributed by atoms with Crippen molar-refractivity contribution in [3.8, 4) is 6.07 Å². The van der Waals surface area contributed by atoms with Crippen molar-refractivity contribution in [1.29, 1.82) is 5.26 Å². The molecule has 20 heavy (non-hydrogen) atoms. The quantitative estimate of drug-likeness (QED) is 0.261. The highest BCUT2D eigenvalue weighted by atomic mass is 16.6. The van der Waals surface area contributed by atoms with Crippen LogP contribution in [0.1, 0.15) is 30.9 Å². The molecule has 0 amide bonds. The average Bonchev–Trinajstić information content (AvgIpc) is 2.45.